The normalized spacial score (nSPS) is 20.0. The molecule has 2 atom stereocenters. The number of thioether (sulfide) groups is 1. The van der Waals surface area contributed by atoms with E-state index in [1.807, 2.05) is 11.8 Å². The van der Waals surface area contributed by atoms with Crippen molar-refractivity contribution in [3.63, 3.8) is 0 Å². The van der Waals surface area contributed by atoms with Crippen LogP contribution in [0.3, 0.4) is 0 Å². The third-order valence-corrected chi connectivity index (χ3v) is 4.46. The Balaban J connectivity index is 2.00. The van der Waals surface area contributed by atoms with Crippen LogP contribution in [0.5, 0.6) is 5.75 Å². The summed E-state index contributed by atoms with van der Waals surface area (Å²) in [6.07, 6.45) is 4.02. The van der Waals surface area contributed by atoms with Crippen LogP contribution in [0.4, 0.5) is 0 Å². The molecule has 3 heteroatoms. The maximum absolute atomic E-state index is 6.16. The SMILES string of the molecule is CCCCC(NCC)C1CSc2ccccc2O1. The first kappa shape index (κ1) is 13.8. The van der Waals surface area contributed by atoms with Gasteiger partial charge in [-0.2, -0.15) is 0 Å². The van der Waals surface area contributed by atoms with Gasteiger partial charge < -0.3 is 10.1 Å². The van der Waals surface area contributed by atoms with Crippen LogP contribution in [0.1, 0.15) is 33.1 Å². The molecule has 0 bridgehead atoms. The molecule has 0 saturated heterocycles. The highest BCUT2D eigenvalue weighted by molar-refractivity contribution is 7.99. The number of hydrogen-bond acceptors (Lipinski definition) is 3. The number of nitrogens with one attached hydrogen (secondary N) is 1. The van der Waals surface area contributed by atoms with Gasteiger partial charge in [0.15, 0.2) is 0 Å². The highest BCUT2D eigenvalue weighted by Crippen LogP contribution is 2.36. The van der Waals surface area contributed by atoms with Gasteiger partial charge in [-0.3, -0.25) is 0 Å². The molecular weight excluding hydrogens is 242 g/mol. The standard InChI is InChI=1S/C15H23NOS/c1-3-5-8-12(16-4-2)14-11-18-15-10-7-6-9-13(15)17-14/h6-7,9-10,12,14,16H,3-5,8,11H2,1-2H3. The molecule has 0 aliphatic carbocycles. The lowest BCUT2D eigenvalue weighted by Crippen LogP contribution is -2.45. The molecule has 1 aromatic rings. The summed E-state index contributed by atoms with van der Waals surface area (Å²) in [6.45, 7) is 5.43. The Morgan fingerprint density at radius 2 is 2.22 bits per heavy atom. The summed E-state index contributed by atoms with van der Waals surface area (Å²) in [7, 11) is 0. The minimum atomic E-state index is 0.302. The lowest BCUT2D eigenvalue weighted by molar-refractivity contribution is 0.160. The van der Waals surface area contributed by atoms with Crippen molar-refractivity contribution in [2.45, 2.75) is 50.2 Å². The maximum atomic E-state index is 6.16. The van der Waals surface area contributed by atoms with Gasteiger partial charge in [-0.25, -0.2) is 0 Å². The molecule has 0 amide bonds. The van der Waals surface area contributed by atoms with Crippen LogP contribution < -0.4 is 10.1 Å². The fourth-order valence-electron chi connectivity index (χ4n) is 2.34. The number of para-hydroxylation sites is 1. The van der Waals surface area contributed by atoms with Crippen molar-refractivity contribution in [1.82, 2.24) is 5.32 Å². The van der Waals surface area contributed by atoms with Crippen LogP contribution in [-0.4, -0.2) is 24.4 Å². The first-order valence-electron chi connectivity index (χ1n) is 6.97. The molecule has 2 unspecified atom stereocenters. The summed E-state index contributed by atoms with van der Waals surface area (Å²) in [6, 6.07) is 8.84. The zero-order valence-electron chi connectivity index (χ0n) is 11.3. The Bertz CT molecular complexity index is 369. The smallest absolute Gasteiger partial charge is 0.133 e. The van der Waals surface area contributed by atoms with E-state index in [9.17, 15) is 0 Å². The zero-order chi connectivity index (χ0) is 12.8. The zero-order valence-corrected chi connectivity index (χ0v) is 12.1. The van der Waals surface area contributed by atoms with Crippen LogP contribution in [0.2, 0.25) is 0 Å². The van der Waals surface area contributed by atoms with Crippen LogP contribution in [0, 0.1) is 0 Å². The van der Waals surface area contributed by atoms with Gasteiger partial charge in [0.25, 0.3) is 0 Å². The second-order valence-electron chi connectivity index (χ2n) is 4.72. The third-order valence-electron chi connectivity index (χ3n) is 3.31. The van der Waals surface area contributed by atoms with Gasteiger partial charge in [0, 0.05) is 16.7 Å². The lowest BCUT2D eigenvalue weighted by Gasteiger charge is -2.32. The molecule has 0 radical (unpaired) electrons. The number of fused-ring (bicyclic) bond motifs is 1. The number of unbranched alkanes of at least 4 members (excludes halogenated alkanes) is 1. The number of hydrogen-bond donors (Lipinski definition) is 1. The quantitative estimate of drug-likeness (QED) is 0.847. The van der Waals surface area contributed by atoms with Gasteiger partial charge in [0.1, 0.15) is 11.9 Å². The van der Waals surface area contributed by atoms with Gasteiger partial charge in [0.2, 0.25) is 0 Å². The number of likely N-dealkylation sites (N-methyl/N-ethyl adjacent to an activating group) is 1. The van der Waals surface area contributed by atoms with E-state index in [0.717, 1.165) is 18.0 Å². The summed E-state index contributed by atoms with van der Waals surface area (Å²) in [5.74, 6) is 2.11. The largest absolute Gasteiger partial charge is 0.487 e. The minimum absolute atomic E-state index is 0.302. The van der Waals surface area contributed by atoms with E-state index in [2.05, 4.69) is 43.4 Å². The summed E-state index contributed by atoms with van der Waals surface area (Å²) < 4.78 is 6.16. The highest BCUT2D eigenvalue weighted by Gasteiger charge is 2.27. The van der Waals surface area contributed by atoms with Gasteiger partial charge >= 0.3 is 0 Å². The van der Waals surface area contributed by atoms with E-state index in [1.165, 1.54) is 24.2 Å². The summed E-state index contributed by atoms with van der Waals surface area (Å²) in [5.41, 5.74) is 0. The second-order valence-corrected chi connectivity index (χ2v) is 5.78. The van der Waals surface area contributed by atoms with Crippen LogP contribution in [-0.2, 0) is 0 Å². The van der Waals surface area contributed by atoms with Crippen molar-refractivity contribution in [1.29, 1.82) is 0 Å². The predicted molar refractivity (Wildman–Crippen MR) is 78.6 cm³/mol. The van der Waals surface area contributed by atoms with Crippen molar-refractivity contribution < 1.29 is 4.74 Å². The molecule has 0 aromatic heterocycles. The first-order chi connectivity index (χ1) is 8.85. The van der Waals surface area contributed by atoms with E-state index < -0.39 is 0 Å². The number of benzene rings is 1. The van der Waals surface area contributed by atoms with Crippen molar-refractivity contribution in [2.75, 3.05) is 12.3 Å². The Morgan fingerprint density at radius 1 is 1.39 bits per heavy atom. The average Bonchev–Trinajstić information content (AvgIpc) is 2.43. The molecule has 100 valence electrons. The van der Waals surface area contributed by atoms with Crippen molar-refractivity contribution in [3.05, 3.63) is 24.3 Å². The van der Waals surface area contributed by atoms with Gasteiger partial charge in [0.05, 0.1) is 0 Å². The first-order valence-corrected chi connectivity index (χ1v) is 7.95. The Morgan fingerprint density at radius 3 is 3.00 bits per heavy atom. The molecule has 1 aliphatic heterocycles. The van der Waals surface area contributed by atoms with Crippen LogP contribution in [0.25, 0.3) is 0 Å². The lowest BCUT2D eigenvalue weighted by atomic mass is 10.0. The molecule has 1 aliphatic rings. The van der Waals surface area contributed by atoms with E-state index in [4.69, 9.17) is 4.74 Å². The molecule has 0 saturated carbocycles. The van der Waals surface area contributed by atoms with Gasteiger partial charge in [-0.05, 0) is 25.1 Å². The van der Waals surface area contributed by atoms with Gasteiger partial charge in [-0.1, -0.05) is 38.8 Å². The molecule has 1 aromatic carbocycles. The topological polar surface area (TPSA) is 21.3 Å². The minimum Gasteiger partial charge on any atom is -0.487 e. The van der Waals surface area contributed by atoms with E-state index in [0.29, 0.717) is 12.1 Å². The van der Waals surface area contributed by atoms with Crippen molar-refractivity contribution >= 4 is 11.8 Å². The molecule has 18 heavy (non-hydrogen) atoms. The average molecular weight is 265 g/mol. The third kappa shape index (κ3) is 3.42. The van der Waals surface area contributed by atoms with Crippen molar-refractivity contribution in [3.8, 4) is 5.75 Å². The summed E-state index contributed by atoms with van der Waals surface area (Å²) in [4.78, 5) is 1.28. The predicted octanol–water partition coefficient (Wildman–Crippen LogP) is 3.71. The fraction of sp³-hybridized carbons (Fsp3) is 0.600. The Hall–Kier alpha value is -0.670. The molecule has 1 N–H and O–H groups in total. The van der Waals surface area contributed by atoms with E-state index >= 15 is 0 Å². The molecule has 0 spiro atoms. The van der Waals surface area contributed by atoms with Crippen molar-refractivity contribution in [2.24, 2.45) is 0 Å². The maximum Gasteiger partial charge on any atom is 0.133 e. The second kappa shape index (κ2) is 7.05. The number of rotatable bonds is 6. The molecule has 2 rings (SSSR count). The summed E-state index contributed by atoms with van der Waals surface area (Å²) in [5, 5.41) is 3.58. The molecule has 1 heterocycles. The molecule has 2 nitrogen and oxygen atoms in total. The summed E-state index contributed by atoms with van der Waals surface area (Å²) >= 11 is 1.92. The molecular formula is C15H23NOS. The van der Waals surface area contributed by atoms with Crippen LogP contribution in [0.15, 0.2) is 29.2 Å². The molecule has 0 fully saturated rings. The fourth-order valence-corrected chi connectivity index (χ4v) is 3.42. The van der Waals surface area contributed by atoms with Gasteiger partial charge in [-0.15, -0.1) is 11.8 Å². The van der Waals surface area contributed by atoms with E-state index in [-0.39, 0.29) is 0 Å². The monoisotopic (exact) mass is 265 g/mol. The highest BCUT2D eigenvalue weighted by atomic mass is 32.2. The Kier molecular flexibility index (Phi) is 5.39. The van der Waals surface area contributed by atoms with Crippen LogP contribution >= 0.6 is 11.8 Å². The van der Waals surface area contributed by atoms with E-state index in [1.54, 1.807) is 0 Å². The Labute approximate surface area is 114 Å². The number of ether oxygens (including phenoxy) is 1.